The van der Waals surface area contributed by atoms with Crippen LogP contribution in [0.3, 0.4) is 0 Å². The minimum atomic E-state index is -0.327. The zero-order valence-corrected chi connectivity index (χ0v) is 16.9. The normalized spacial score (nSPS) is 16.8. The number of hydrogen-bond donors (Lipinski definition) is 1. The molecule has 2 amide bonds. The topological polar surface area (TPSA) is 88.3 Å². The van der Waals surface area contributed by atoms with Gasteiger partial charge in [0.25, 0.3) is 0 Å². The molecular weight excluding hydrogens is 375 g/mol. The first-order chi connectivity index (χ1) is 13.9. The van der Waals surface area contributed by atoms with Gasteiger partial charge in [-0.2, -0.15) is 4.98 Å². The zero-order valence-electron chi connectivity index (χ0n) is 16.9. The molecule has 0 radical (unpaired) electrons. The lowest BCUT2D eigenvalue weighted by molar-refractivity contribution is -0.133. The molecule has 8 heteroatoms. The molecule has 2 heterocycles. The molecule has 1 aliphatic rings. The maximum Gasteiger partial charge on any atom is 0.227 e. The third kappa shape index (κ3) is 5.85. The Morgan fingerprint density at radius 1 is 1.31 bits per heavy atom. The number of halogens is 1. The molecule has 0 aliphatic carbocycles. The maximum atomic E-state index is 13.0. The monoisotopic (exact) mass is 402 g/mol. The summed E-state index contributed by atoms with van der Waals surface area (Å²) in [6.07, 6.45) is 2.59. The smallest absolute Gasteiger partial charge is 0.227 e. The Morgan fingerprint density at radius 2 is 2.07 bits per heavy atom. The summed E-state index contributed by atoms with van der Waals surface area (Å²) in [6, 6.07) is 5.85. The van der Waals surface area contributed by atoms with Crippen molar-refractivity contribution in [1.82, 2.24) is 20.4 Å². The summed E-state index contributed by atoms with van der Waals surface area (Å²) in [7, 11) is 0. The largest absolute Gasteiger partial charge is 0.356 e. The Morgan fingerprint density at radius 3 is 2.79 bits per heavy atom. The third-order valence-electron chi connectivity index (χ3n) is 5.08. The summed E-state index contributed by atoms with van der Waals surface area (Å²) in [5.74, 6) is 0.774. The summed E-state index contributed by atoms with van der Waals surface area (Å²) >= 11 is 0. The molecule has 7 nitrogen and oxygen atoms in total. The third-order valence-corrected chi connectivity index (χ3v) is 5.08. The number of piperidine rings is 1. The van der Waals surface area contributed by atoms with Crippen molar-refractivity contribution in [3.63, 3.8) is 0 Å². The van der Waals surface area contributed by atoms with Crippen LogP contribution in [-0.2, 0) is 16.0 Å². The Balaban J connectivity index is 1.48. The van der Waals surface area contributed by atoms with Gasteiger partial charge < -0.3 is 14.7 Å². The number of amides is 2. The molecule has 1 aliphatic heterocycles. The van der Waals surface area contributed by atoms with Crippen LogP contribution in [0.4, 0.5) is 4.39 Å². The predicted molar refractivity (Wildman–Crippen MR) is 105 cm³/mol. The van der Waals surface area contributed by atoms with Crippen molar-refractivity contribution in [2.24, 2.45) is 11.8 Å². The molecule has 156 valence electrons. The fraction of sp³-hybridized carbons (Fsp3) is 0.524. The van der Waals surface area contributed by atoms with Crippen LogP contribution in [-0.4, -0.2) is 46.5 Å². The minimum Gasteiger partial charge on any atom is -0.356 e. The molecule has 1 aromatic carbocycles. The Hall–Kier alpha value is -2.77. The number of carbonyl (C=O) groups excluding carboxylic acids is 2. The average Bonchev–Trinajstić information content (AvgIpc) is 3.20. The van der Waals surface area contributed by atoms with Crippen LogP contribution < -0.4 is 5.32 Å². The standard InChI is InChI=1S/C21H27FN4O3/c1-14(2)21(28)23-12-15-4-3-11-26(13-15)19(27)10-9-18-24-20(25-29-18)16-5-7-17(22)8-6-16/h5-8,14-15H,3-4,9-13H2,1-2H3,(H,23,28)/t15-/m1/s1. The van der Waals surface area contributed by atoms with Gasteiger partial charge in [-0.05, 0) is 43.0 Å². The number of benzene rings is 1. The first-order valence-electron chi connectivity index (χ1n) is 10.1. The van der Waals surface area contributed by atoms with Crippen LogP contribution in [0.5, 0.6) is 0 Å². The summed E-state index contributed by atoms with van der Waals surface area (Å²) in [5, 5.41) is 6.86. The number of aromatic nitrogens is 2. The van der Waals surface area contributed by atoms with E-state index in [1.807, 2.05) is 18.7 Å². The van der Waals surface area contributed by atoms with Gasteiger partial charge in [-0.3, -0.25) is 9.59 Å². The van der Waals surface area contributed by atoms with Crippen molar-refractivity contribution in [2.75, 3.05) is 19.6 Å². The first-order valence-corrected chi connectivity index (χ1v) is 10.1. The molecule has 0 unspecified atom stereocenters. The Bertz CT molecular complexity index is 835. The number of nitrogens with zero attached hydrogens (tertiary/aromatic N) is 3. The van der Waals surface area contributed by atoms with Gasteiger partial charge in [0.05, 0.1) is 0 Å². The van der Waals surface area contributed by atoms with Crippen LogP contribution in [0.2, 0.25) is 0 Å². The van der Waals surface area contributed by atoms with Gasteiger partial charge in [0, 0.05) is 44.0 Å². The molecule has 1 fully saturated rings. The quantitative estimate of drug-likeness (QED) is 0.769. The Kier molecular flexibility index (Phi) is 6.95. The van der Waals surface area contributed by atoms with E-state index < -0.39 is 0 Å². The van der Waals surface area contributed by atoms with E-state index in [0.29, 0.717) is 36.8 Å². The molecule has 1 aromatic heterocycles. The lowest BCUT2D eigenvalue weighted by atomic mass is 9.97. The van der Waals surface area contributed by atoms with E-state index in [0.717, 1.165) is 19.4 Å². The summed E-state index contributed by atoms with van der Waals surface area (Å²) in [4.78, 5) is 30.5. The highest BCUT2D eigenvalue weighted by Crippen LogP contribution is 2.19. The average molecular weight is 402 g/mol. The highest BCUT2D eigenvalue weighted by molar-refractivity contribution is 5.78. The minimum absolute atomic E-state index is 0.0365. The van der Waals surface area contributed by atoms with E-state index >= 15 is 0 Å². The number of rotatable bonds is 7. The summed E-state index contributed by atoms with van der Waals surface area (Å²) in [6.45, 7) is 5.72. The van der Waals surface area contributed by atoms with E-state index in [4.69, 9.17) is 4.52 Å². The van der Waals surface area contributed by atoms with Crippen molar-refractivity contribution in [3.8, 4) is 11.4 Å². The van der Waals surface area contributed by atoms with Crippen LogP contribution in [0.15, 0.2) is 28.8 Å². The summed E-state index contributed by atoms with van der Waals surface area (Å²) in [5.41, 5.74) is 0.662. The van der Waals surface area contributed by atoms with Crippen molar-refractivity contribution in [1.29, 1.82) is 0 Å². The van der Waals surface area contributed by atoms with Crippen LogP contribution in [0.1, 0.15) is 39.0 Å². The second kappa shape index (κ2) is 9.62. The number of hydrogen-bond acceptors (Lipinski definition) is 5. The van der Waals surface area contributed by atoms with E-state index in [9.17, 15) is 14.0 Å². The Labute approximate surface area is 169 Å². The number of carbonyl (C=O) groups is 2. The highest BCUT2D eigenvalue weighted by Gasteiger charge is 2.24. The van der Waals surface area contributed by atoms with E-state index in [2.05, 4.69) is 15.5 Å². The fourth-order valence-electron chi connectivity index (χ4n) is 3.35. The molecule has 3 rings (SSSR count). The second-order valence-electron chi connectivity index (χ2n) is 7.77. The molecular formula is C21H27FN4O3. The van der Waals surface area contributed by atoms with Crippen LogP contribution >= 0.6 is 0 Å². The van der Waals surface area contributed by atoms with E-state index in [1.54, 1.807) is 12.1 Å². The lowest BCUT2D eigenvalue weighted by Crippen LogP contribution is -2.44. The van der Waals surface area contributed by atoms with Gasteiger partial charge in [-0.25, -0.2) is 4.39 Å². The van der Waals surface area contributed by atoms with Crippen LogP contribution in [0, 0.1) is 17.7 Å². The first kappa shape index (κ1) is 21.0. The van der Waals surface area contributed by atoms with Crippen molar-refractivity contribution < 1.29 is 18.5 Å². The van der Waals surface area contributed by atoms with Crippen molar-refractivity contribution in [3.05, 3.63) is 36.0 Å². The van der Waals surface area contributed by atoms with E-state index in [1.165, 1.54) is 12.1 Å². The summed E-state index contributed by atoms with van der Waals surface area (Å²) < 4.78 is 18.2. The maximum absolute atomic E-state index is 13.0. The van der Waals surface area contributed by atoms with Gasteiger partial charge >= 0.3 is 0 Å². The highest BCUT2D eigenvalue weighted by atomic mass is 19.1. The molecule has 1 N–H and O–H groups in total. The molecule has 1 atom stereocenters. The molecule has 0 saturated carbocycles. The van der Waals surface area contributed by atoms with E-state index in [-0.39, 0.29) is 35.9 Å². The lowest BCUT2D eigenvalue weighted by Gasteiger charge is -2.33. The number of aryl methyl sites for hydroxylation is 1. The van der Waals surface area contributed by atoms with Gasteiger partial charge in [0.2, 0.25) is 23.5 Å². The van der Waals surface area contributed by atoms with Gasteiger partial charge in [0.15, 0.2) is 0 Å². The number of nitrogens with one attached hydrogen (secondary N) is 1. The predicted octanol–water partition coefficient (Wildman–Crippen LogP) is 2.82. The fourth-order valence-corrected chi connectivity index (χ4v) is 3.35. The number of likely N-dealkylation sites (tertiary alicyclic amines) is 1. The zero-order chi connectivity index (χ0) is 20.8. The molecule has 2 aromatic rings. The molecule has 0 spiro atoms. The molecule has 29 heavy (non-hydrogen) atoms. The van der Waals surface area contributed by atoms with Crippen LogP contribution in [0.25, 0.3) is 11.4 Å². The van der Waals surface area contributed by atoms with Gasteiger partial charge in [-0.15, -0.1) is 0 Å². The second-order valence-corrected chi connectivity index (χ2v) is 7.77. The van der Waals surface area contributed by atoms with Crippen molar-refractivity contribution >= 4 is 11.8 Å². The van der Waals surface area contributed by atoms with Gasteiger partial charge in [-0.1, -0.05) is 19.0 Å². The van der Waals surface area contributed by atoms with Crippen molar-refractivity contribution in [2.45, 2.75) is 39.5 Å². The van der Waals surface area contributed by atoms with Gasteiger partial charge in [0.1, 0.15) is 5.82 Å². The molecule has 1 saturated heterocycles. The molecule has 0 bridgehead atoms. The SMILES string of the molecule is CC(C)C(=O)NC[C@H]1CCCN(C(=O)CCc2nc(-c3ccc(F)cc3)no2)C1.